The highest BCUT2D eigenvalue weighted by Crippen LogP contribution is 2.33. The third-order valence-corrected chi connectivity index (χ3v) is 5.25. The van der Waals surface area contributed by atoms with Gasteiger partial charge in [0.15, 0.2) is 5.17 Å². The predicted molar refractivity (Wildman–Crippen MR) is 107 cm³/mol. The number of amidine groups is 1. The molecule has 0 aromatic heterocycles. The van der Waals surface area contributed by atoms with Gasteiger partial charge in [-0.05, 0) is 53.7 Å². The Balaban J connectivity index is 1.88. The van der Waals surface area contributed by atoms with Crippen LogP contribution in [0, 0.1) is 0 Å². The van der Waals surface area contributed by atoms with E-state index in [9.17, 15) is 9.59 Å². The fourth-order valence-corrected chi connectivity index (χ4v) is 3.54. The first-order valence-corrected chi connectivity index (χ1v) is 9.29. The smallest absolute Gasteiger partial charge is 0.337 e. The number of amides is 1. The van der Waals surface area contributed by atoms with Crippen molar-refractivity contribution < 1.29 is 14.3 Å². The summed E-state index contributed by atoms with van der Waals surface area (Å²) in [6.45, 7) is 0. The zero-order valence-corrected chi connectivity index (χ0v) is 16.5. The van der Waals surface area contributed by atoms with Gasteiger partial charge in [0.2, 0.25) is 0 Å². The van der Waals surface area contributed by atoms with E-state index in [1.165, 1.54) is 23.8 Å². The van der Waals surface area contributed by atoms with Crippen molar-refractivity contribution in [3.8, 4) is 0 Å². The van der Waals surface area contributed by atoms with Gasteiger partial charge in [0.1, 0.15) is 0 Å². The number of ether oxygens (including phenoxy) is 1. The molecule has 1 saturated heterocycles. The first-order valence-electron chi connectivity index (χ1n) is 7.68. The predicted octanol–water partition coefficient (Wildman–Crippen LogP) is 4.47. The third-order valence-electron chi connectivity index (χ3n) is 3.66. The standard InChI is InChI=1S/C19H15BrN2O3S/c1-22-17(23)16(10-12-6-8-14(20)9-7-12)26-19(22)21-15-5-3-4-13(11-15)18(24)25-2/h3-11H,1-2H3. The molecule has 1 aliphatic heterocycles. The van der Waals surface area contributed by atoms with Gasteiger partial charge in [-0.25, -0.2) is 9.79 Å². The van der Waals surface area contributed by atoms with Crippen molar-refractivity contribution in [2.75, 3.05) is 14.2 Å². The van der Waals surface area contributed by atoms with Crippen molar-refractivity contribution in [2.24, 2.45) is 4.99 Å². The molecule has 0 saturated carbocycles. The number of benzene rings is 2. The Morgan fingerprint density at radius 1 is 1.23 bits per heavy atom. The summed E-state index contributed by atoms with van der Waals surface area (Å²) in [7, 11) is 3.01. The molecule has 1 amide bonds. The largest absolute Gasteiger partial charge is 0.465 e. The van der Waals surface area contributed by atoms with Crippen LogP contribution in [0.2, 0.25) is 0 Å². The van der Waals surface area contributed by atoms with Gasteiger partial charge in [-0.15, -0.1) is 0 Å². The van der Waals surface area contributed by atoms with Gasteiger partial charge in [0.25, 0.3) is 5.91 Å². The van der Waals surface area contributed by atoms with Gasteiger partial charge in [-0.2, -0.15) is 0 Å². The molecule has 0 spiro atoms. The highest BCUT2D eigenvalue weighted by molar-refractivity contribution is 9.10. The minimum atomic E-state index is -0.425. The Hall–Kier alpha value is -2.38. The maximum atomic E-state index is 12.5. The number of methoxy groups -OCH3 is 1. The quantitative estimate of drug-likeness (QED) is 0.532. The number of aliphatic imine (C=N–C) groups is 1. The van der Waals surface area contributed by atoms with Crippen LogP contribution in [0.25, 0.3) is 6.08 Å². The van der Waals surface area contributed by atoms with E-state index >= 15 is 0 Å². The number of hydrogen-bond acceptors (Lipinski definition) is 5. The van der Waals surface area contributed by atoms with E-state index in [0.717, 1.165) is 10.0 Å². The first kappa shape index (κ1) is 18.4. The minimum absolute atomic E-state index is 0.110. The van der Waals surface area contributed by atoms with Crippen molar-refractivity contribution in [3.05, 3.63) is 69.0 Å². The van der Waals surface area contributed by atoms with E-state index in [1.54, 1.807) is 31.3 Å². The Morgan fingerprint density at radius 2 is 1.96 bits per heavy atom. The molecule has 0 radical (unpaired) electrons. The molecule has 2 aromatic carbocycles. The molecular formula is C19H15BrN2O3S. The third kappa shape index (κ3) is 4.05. The number of likely N-dealkylation sites (N-methyl/N-ethyl adjacent to an activating group) is 1. The second kappa shape index (κ2) is 7.88. The summed E-state index contributed by atoms with van der Waals surface area (Å²) in [6, 6.07) is 14.5. The fraction of sp³-hybridized carbons (Fsp3) is 0.105. The van der Waals surface area contributed by atoms with Crippen LogP contribution in [0.5, 0.6) is 0 Å². The molecule has 0 atom stereocenters. The summed E-state index contributed by atoms with van der Waals surface area (Å²) in [5, 5.41) is 0.556. The van der Waals surface area contributed by atoms with Crippen molar-refractivity contribution in [2.45, 2.75) is 0 Å². The number of esters is 1. The number of carbonyl (C=O) groups is 2. The lowest BCUT2D eigenvalue weighted by Gasteiger charge is -2.07. The highest BCUT2D eigenvalue weighted by atomic mass is 79.9. The van der Waals surface area contributed by atoms with E-state index < -0.39 is 5.97 Å². The van der Waals surface area contributed by atoms with Crippen LogP contribution in [0.3, 0.4) is 0 Å². The molecule has 1 fully saturated rings. The summed E-state index contributed by atoms with van der Waals surface area (Å²) in [4.78, 5) is 30.7. The summed E-state index contributed by atoms with van der Waals surface area (Å²) < 4.78 is 5.70. The Bertz CT molecular complexity index is 923. The summed E-state index contributed by atoms with van der Waals surface area (Å²) >= 11 is 4.69. The van der Waals surface area contributed by atoms with Crippen LogP contribution < -0.4 is 0 Å². The van der Waals surface area contributed by atoms with Crippen LogP contribution in [0.1, 0.15) is 15.9 Å². The van der Waals surface area contributed by atoms with Crippen molar-refractivity contribution in [1.82, 2.24) is 4.90 Å². The second-order valence-electron chi connectivity index (χ2n) is 5.46. The molecule has 3 rings (SSSR count). The van der Waals surface area contributed by atoms with Crippen LogP contribution in [-0.2, 0) is 9.53 Å². The number of halogens is 1. The Labute approximate surface area is 163 Å². The maximum Gasteiger partial charge on any atom is 0.337 e. The number of nitrogens with zero attached hydrogens (tertiary/aromatic N) is 2. The average molecular weight is 431 g/mol. The van der Waals surface area contributed by atoms with E-state index in [1.807, 2.05) is 30.3 Å². The molecule has 7 heteroatoms. The van der Waals surface area contributed by atoms with Crippen molar-refractivity contribution in [1.29, 1.82) is 0 Å². The summed E-state index contributed by atoms with van der Waals surface area (Å²) in [5.41, 5.74) is 1.93. The second-order valence-corrected chi connectivity index (χ2v) is 7.39. The number of hydrogen-bond donors (Lipinski definition) is 0. The van der Waals surface area contributed by atoms with Crippen LogP contribution in [-0.4, -0.2) is 36.1 Å². The molecule has 1 heterocycles. The van der Waals surface area contributed by atoms with E-state index in [4.69, 9.17) is 4.74 Å². The normalized spacial score (nSPS) is 17.2. The van der Waals surface area contributed by atoms with Crippen LogP contribution in [0.15, 0.2) is 62.9 Å². The number of rotatable bonds is 3. The van der Waals surface area contributed by atoms with Gasteiger partial charge in [-0.1, -0.05) is 34.1 Å². The van der Waals surface area contributed by atoms with Crippen molar-refractivity contribution >= 4 is 56.5 Å². The van der Waals surface area contributed by atoms with Gasteiger partial charge in [-0.3, -0.25) is 9.69 Å². The molecule has 26 heavy (non-hydrogen) atoms. The zero-order chi connectivity index (χ0) is 18.7. The molecule has 0 bridgehead atoms. The first-order chi connectivity index (χ1) is 12.5. The minimum Gasteiger partial charge on any atom is -0.465 e. The van der Waals surface area contributed by atoms with Crippen molar-refractivity contribution in [3.63, 3.8) is 0 Å². The highest BCUT2D eigenvalue weighted by Gasteiger charge is 2.30. The monoisotopic (exact) mass is 430 g/mol. The lowest BCUT2D eigenvalue weighted by Crippen LogP contribution is -2.23. The van der Waals surface area contributed by atoms with E-state index in [0.29, 0.717) is 21.3 Å². The van der Waals surface area contributed by atoms with Crippen LogP contribution >= 0.6 is 27.7 Å². The lowest BCUT2D eigenvalue weighted by atomic mass is 10.2. The number of thioether (sulfide) groups is 1. The molecule has 2 aromatic rings. The number of carbonyl (C=O) groups excluding carboxylic acids is 2. The summed E-state index contributed by atoms with van der Waals surface area (Å²) in [6.07, 6.45) is 1.84. The Morgan fingerprint density at radius 3 is 2.65 bits per heavy atom. The van der Waals surface area contributed by atoms with E-state index in [-0.39, 0.29) is 5.91 Å². The Kier molecular flexibility index (Phi) is 5.58. The fourth-order valence-electron chi connectivity index (χ4n) is 2.29. The molecule has 132 valence electrons. The topological polar surface area (TPSA) is 59.0 Å². The van der Waals surface area contributed by atoms with Gasteiger partial charge in [0, 0.05) is 11.5 Å². The molecule has 1 aliphatic rings. The molecular weight excluding hydrogens is 416 g/mol. The van der Waals surface area contributed by atoms with Gasteiger partial charge in [0.05, 0.1) is 23.3 Å². The molecule has 0 unspecified atom stereocenters. The lowest BCUT2D eigenvalue weighted by molar-refractivity contribution is -0.121. The SMILES string of the molecule is COC(=O)c1cccc(N=C2SC(=Cc3ccc(Br)cc3)C(=O)N2C)c1. The van der Waals surface area contributed by atoms with E-state index in [2.05, 4.69) is 20.9 Å². The molecule has 5 nitrogen and oxygen atoms in total. The molecule has 0 N–H and O–H groups in total. The molecule has 0 aliphatic carbocycles. The van der Waals surface area contributed by atoms with Gasteiger partial charge >= 0.3 is 5.97 Å². The van der Waals surface area contributed by atoms with Gasteiger partial charge < -0.3 is 4.74 Å². The summed E-state index contributed by atoms with van der Waals surface area (Å²) in [5.74, 6) is -0.535. The maximum absolute atomic E-state index is 12.5. The zero-order valence-electron chi connectivity index (χ0n) is 14.1. The average Bonchev–Trinajstić information content (AvgIpc) is 2.91. The van der Waals surface area contributed by atoms with Crippen LogP contribution in [0.4, 0.5) is 5.69 Å².